The third-order valence-electron chi connectivity index (χ3n) is 11.7. The number of methoxy groups -OCH3 is 1. The molecule has 10 heteroatoms. The highest BCUT2D eigenvalue weighted by Gasteiger charge is 2.52. The van der Waals surface area contributed by atoms with E-state index in [2.05, 4.69) is 30.5 Å². The van der Waals surface area contributed by atoms with Crippen LogP contribution in [0.4, 0.5) is 0 Å². The number of hydrogen-bond donors (Lipinski definition) is 3. The minimum absolute atomic E-state index is 0.0510. The number of rotatable bonds is 5. The van der Waals surface area contributed by atoms with Crippen molar-refractivity contribution in [3.8, 4) is 0 Å². The largest absolute Gasteiger partial charge is 0.459 e. The minimum Gasteiger partial charge on any atom is -0.459 e. The van der Waals surface area contributed by atoms with E-state index >= 15 is 0 Å². The lowest BCUT2D eigenvalue weighted by molar-refractivity contribution is -0.296. The molecular formula is C36H64N2O8. The minimum atomic E-state index is -1.42. The molecule has 14 atom stereocenters. The Morgan fingerprint density at radius 3 is 2.33 bits per heavy atom. The smallest absolute Gasteiger partial charge is 0.311 e. The van der Waals surface area contributed by atoms with Crippen LogP contribution in [0.5, 0.6) is 0 Å². The Bertz CT molecular complexity index is 1060. The van der Waals surface area contributed by atoms with E-state index in [0.717, 1.165) is 18.4 Å². The van der Waals surface area contributed by atoms with E-state index in [-0.39, 0.29) is 36.0 Å². The lowest BCUT2D eigenvalue weighted by atomic mass is 9.65. The molecule has 0 aromatic heterocycles. The third kappa shape index (κ3) is 8.17. The van der Waals surface area contributed by atoms with Crippen LogP contribution in [0.25, 0.3) is 0 Å². The van der Waals surface area contributed by atoms with E-state index < -0.39 is 53.4 Å². The van der Waals surface area contributed by atoms with Gasteiger partial charge < -0.3 is 39.3 Å². The topological polar surface area (TPSA) is 130 Å². The summed E-state index contributed by atoms with van der Waals surface area (Å²) >= 11 is 0. The molecule has 3 fully saturated rings. The van der Waals surface area contributed by atoms with E-state index in [4.69, 9.17) is 18.9 Å². The number of cyclic esters (lactones) is 1. The zero-order valence-electron chi connectivity index (χ0n) is 30.4. The number of likely N-dealkylation sites (N-methyl/N-ethyl adjacent to an activating group) is 1. The first-order chi connectivity index (χ1) is 21.4. The lowest BCUT2D eigenvalue weighted by Gasteiger charge is -2.49. The highest BCUT2D eigenvalue weighted by molar-refractivity contribution is 5.88. The predicted octanol–water partition coefficient (Wildman–Crippen LogP) is 5.42. The van der Waals surface area contributed by atoms with Crippen LogP contribution < -0.4 is 0 Å². The summed E-state index contributed by atoms with van der Waals surface area (Å²) in [7, 11) is 5.72. The van der Waals surface area contributed by atoms with Crippen LogP contribution in [0, 0.1) is 35.0 Å². The molecule has 3 N–H and O–H groups in total. The molecule has 0 spiro atoms. The predicted molar refractivity (Wildman–Crippen MR) is 179 cm³/mol. The summed E-state index contributed by atoms with van der Waals surface area (Å²) in [5.74, 6) is -2.85. The Kier molecular flexibility index (Phi) is 13.3. The maximum atomic E-state index is 13.7. The van der Waals surface area contributed by atoms with E-state index in [1.165, 1.54) is 0 Å². The van der Waals surface area contributed by atoms with Crippen molar-refractivity contribution < 1.29 is 39.2 Å². The fraction of sp³-hybridized carbons (Fsp3) is 0.889. The molecule has 1 saturated carbocycles. The molecule has 1 aliphatic carbocycles. The van der Waals surface area contributed by atoms with Gasteiger partial charge in [0, 0.05) is 25.0 Å². The van der Waals surface area contributed by atoms with Crippen LogP contribution in [-0.4, -0.2) is 102 Å². The van der Waals surface area contributed by atoms with Gasteiger partial charge in [0.25, 0.3) is 0 Å². The van der Waals surface area contributed by atoms with Crippen molar-refractivity contribution in [2.45, 2.75) is 149 Å². The van der Waals surface area contributed by atoms with E-state index in [9.17, 15) is 20.2 Å². The summed E-state index contributed by atoms with van der Waals surface area (Å²) < 4.78 is 25.6. The van der Waals surface area contributed by atoms with Crippen LogP contribution in [0.3, 0.4) is 0 Å². The number of carbonyl (C=O) groups is 1. The van der Waals surface area contributed by atoms with Crippen LogP contribution >= 0.6 is 0 Å². The van der Waals surface area contributed by atoms with Gasteiger partial charge in [-0.15, -0.1) is 0 Å². The maximum absolute atomic E-state index is 13.7. The number of ether oxygens (including phenoxy) is 4. The standard InChI is InChI=1S/C36H64N2O8/c1-13-28-36(9,41)26-15-14-20(2)16-17-35(8,19-21(3)29(37-42)23(26)5)32(24(6)30(39)25(7)33(40)45-28)46-34-31(43-12)27(38(10)11)18-22(4)44-34/h21-28,30-32,34,39,41-42H,2,13-19H2,1,3-12H3/b37-29+/t21-,22-,23-,24+,25-,26-,27+,28-,30+,31-,32-,34+,35-,36+/m1/s1. The van der Waals surface area contributed by atoms with Gasteiger partial charge >= 0.3 is 5.97 Å². The zero-order chi connectivity index (χ0) is 34.7. The summed E-state index contributed by atoms with van der Waals surface area (Å²) in [6, 6.07) is 0.0510. The average Bonchev–Trinajstić information content (AvgIpc) is 3.00. The van der Waals surface area contributed by atoms with Crippen molar-refractivity contribution in [3.05, 3.63) is 12.2 Å². The lowest BCUT2D eigenvalue weighted by Crippen LogP contribution is -2.58. The van der Waals surface area contributed by atoms with Gasteiger partial charge in [-0.2, -0.15) is 0 Å². The number of aliphatic hydroxyl groups excluding tert-OH is 1. The Morgan fingerprint density at radius 1 is 1.11 bits per heavy atom. The summed E-state index contributed by atoms with van der Waals surface area (Å²) in [6.45, 7) is 19.9. The van der Waals surface area contributed by atoms with Gasteiger partial charge in [-0.1, -0.05) is 51.9 Å². The van der Waals surface area contributed by atoms with Crippen LogP contribution in [-0.2, 0) is 23.7 Å². The molecule has 2 saturated heterocycles. The molecule has 46 heavy (non-hydrogen) atoms. The van der Waals surface area contributed by atoms with Gasteiger partial charge in [-0.25, -0.2) is 0 Å². The molecule has 0 radical (unpaired) electrons. The third-order valence-corrected chi connectivity index (χ3v) is 11.7. The average molecular weight is 653 g/mol. The molecule has 3 aliphatic rings. The second-order valence-electron chi connectivity index (χ2n) is 15.5. The first-order valence-corrected chi connectivity index (χ1v) is 17.4. The van der Waals surface area contributed by atoms with Crippen molar-refractivity contribution >= 4 is 11.7 Å². The number of hydrogen-bond acceptors (Lipinski definition) is 10. The molecule has 10 nitrogen and oxygen atoms in total. The Balaban J connectivity index is 2.24. The Hall–Kier alpha value is -1.56. The normalized spacial score (nSPS) is 46.3. The van der Waals surface area contributed by atoms with Gasteiger partial charge in [0.15, 0.2) is 6.29 Å². The van der Waals surface area contributed by atoms with E-state index in [1.54, 1.807) is 21.0 Å². The van der Waals surface area contributed by atoms with Crippen molar-refractivity contribution in [2.75, 3.05) is 21.2 Å². The monoisotopic (exact) mass is 652 g/mol. The van der Waals surface area contributed by atoms with Gasteiger partial charge in [0.2, 0.25) is 0 Å². The van der Waals surface area contributed by atoms with Crippen molar-refractivity contribution in [1.82, 2.24) is 4.90 Å². The first-order valence-electron chi connectivity index (χ1n) is 17.4. The van der Waals surface area contributed by atoms with Crippen molar-refractivity contribution in [2.24, 2.45) is 40.2 Å². The fourth-order valence-electron chi connectivity index (χ4n) is 8.85. The quantitative estimate of drug-likeness (QED) is 0.154. The second kappa shape index (κ2) is 15.8. The highest BCUT2D eigenvalue weighted by Crippen LogP contribution is 2.47. The molecule has 0 aromatic carbocycles. The summed E-state index contributed by atoms with van der Waals surface area (Å²) in [5.41, 5.74) is -0.346. The molecule has 266 valence electrons. The summed E-state index contributed by atoms with van der Waals surface area (Å²) in [4.78, 5) is 15.8. The van der Waals surface area contributed by atoms with Gasteiger partial charge in [0.1, 0.15) is 17.8 Å². The molecule has 2 aliphatic heterocycles. The van der Waals surface area contributed by atoms with Crippen LogP contribution in [0.1, 0.15) is 100 Å². The molecule has 0 amide bonds. The van der Waals surface area contributed by atoms with Gasteiger partial charge in [-0.3, -0.25) is 4.79 Å². The Labute approximate surface area is 277 Å². The van der Waals surface area contributed by atoms with Gasteiger partial charge in [0.05, 0.1) is 29.9 Å². The number of aliphatic hydroxyl groups is 2. The highest BCUT2D eigenvalue weighted by atomic mass is 16.7. The van der Waals surface area contributed by atoms with E-state index in [1.807, 2.05) is 41.8 Å². The summed E-state index contributed by atoms with van der Waals surface area (Å²) in [6.07, 6.45) is 0.711. The molecule has 2 bridgehead atoms. The molecule has 2 heterocycles. The van der Waals surface area contributed by atoms with Crippen LogP contribution in [0.2, 0.25) is 0 Å². The SMILES string of the molecule is C=C1CC[C@@H]2[C@@H](C)/C(=N/O)[C@H](C)C[C@@](C)(CC1)[C@H](O[C@@H]1O[C@H](C)C[C@H](N(C)C)[C@H]1OC)[C@@H](C)[C@H](O)[C@@H](C)C(=O)O[C@H](CC)[C@@]2(C)O. The van der Waals surface area contributed by atoms with Gasteiger partial charge in [-0.05, 0) is 97.1 Å². The molecule has 3 rings (SSSR count). The van der Waals surface area contributed by atoms with Crippen molar-refractivity contribution in [1.29, 1.82) is 0 Å². The molecule has 0 aromatic rings. The molecule has 0 unspecified atom stereocenters. The number of oxime groups is 1. The fourth-order valence-corrected chi connectivity index (χ4v) is 8.85. The maximum Gasteiger partial charge on any atom is 0.311 e. The number of allylic oxidation sites excluding steroid dienone is 1. The number of carbonyl (C=O) groups excluding carboxylic acids is 1. The number of fused-ring (bicyclic) bond motifs is 5. The van der Waals surface area contributed by atoms with Crippen molar-refractivity contribution in [3.63, 3.8) is 0 Å². The molecular weight excluding hydrogens is 588 g/mol. The summed E-state index contributed by atoms with van der Waals surface area (Å²) in [5, 5.41) is 38.4. The van der Waals surface area contributed by atoms with E-state index in [0.29, 0.717) is 37.8 Å². The first kappa shape index (κ1) is 38.9. The number of nitrogens with zero attached hydrogens (tertiary/aromatic N) is 2. The Morgan fingerprint density at radius 2 is 1.76 bits per heavy atom. The second-order valence-corrected chi connectivity index (χ2v) is 15.5. The zero-order valence-corrected chi connectivity index (χ0v) is 30.4. The van der Waals surface area contributed by atoms with Crippen LogP contribution in [0.15, 0.2) is 17.3 Å². The number of esters is 1.